The van der Waals surface area contributed by atoms with Crippen molar-refractivity contribution in [1.82, 2.24) is 20.8 Å². The minimum Gasteiger partial charge on any atom is -0.350 e. The zero-order chi connectivity index (χ0) is 15.5. The number of aromatic amines is 1. The van der Waals surface area contributed by atoms with Gasteiger partial charge in [-0.05, 0) is 30.2 Å². The van der Waals surface area contributed by atoms with Crippen LogP contribution in [-0.2, 0) is 19.4 Å². The van der Waals surface area contributed by atoms with Crippen molar-refractivity contribution in [2.75, 3.05) is 13.1 Å². The third kappa shape index (κ3) is 4.26. The molecule has 5 nitrogen and oxygen atoms in total. The van der Waals surface area contributed by atoms with Crippen LogP contribution >= 0.6 is 39.9 Å². The molecule has 0 atom stereocenters. The van der Waals surface area contributed by atoms with Crippen molar-refractivity contribution in [2.45, 2.75) is 19.4 Å². The molecule has 1 amide bonds. The first-order valence-corrected chi connectivity index (χ1v) is 8.31. The maximum absolute atomic E-state index is 12.3. The third-order valence-corrected chi connectivity index (χ3v) is 4.72. The molecule has 1 aliphatic rings. The highest BCUT2D eigenvalue weighted by atomic mass is 79.9. The van der Waals surface area contributed by atoms with Crippen LogP contribution in [0.2, 0.25) is 5.02 Å². The standard InChI is InChI=1S/C15H16BrClN4O.ClH/c16-12-2-1-10(17)7-9(12)3-6-19-15(22)14-11-8-18-5-4-13(11)20-21-14;/h1-2,7,18H,3-6,8H2,(H,19,22)(H,20,21);1H. The first kappa shape index (κ1) is 18.3. The van der Waals surface area contributed by atoms with E-state index < -0.39 is 0 Å². The van der Waals surface area contributed by atoms with Crippen LogP contribution in [0.25, 0.3) is 0 Å². The van der Waals surface area contributed by atoms with Crippen LogP contribution in [0, 0.1) is 0 Å². The second-order valence-electron chi connectivity index (χ2n) is 5.20. The molecular formula is C15H17BrCl2N4O. The van der Waals surface area contributed by atoms with E-state index in [1.54, 1.807) is 0 Å². The molecule has 124 valence electrons. The first-order valence-electron chi connectivity index (χ1n) is 7.14. The predicted octanol–water partition coefficient (Wildman–Crippen LogP) is 2.87. The van der Waals surface area contributed by atoms with Gasteiger partial charge in [0.05, 0.1) is 0 Å². The largest absolute Gasteiger partial charge is 0.350 e. The lowest BCUT2D eigenvalue weighted by Crippen LogP contribution is -2.29. The van der Waals surface area contributed by atoms with Crippen molar-refractivity contribution in [3.8, 4) is 0 Å². The molecule has 0 radical (unpaired) electrons. The van der Waals surface area contributed by atoms with E-state index in [4.69, 9.17) is 11.6 Å². The van der Waals surface area contributed by atoms with E-state index in [-0.39, 0.29) is 18.3 Å². The number of hydrogen-bond acceptors (Lipinski definition) is 3. The van der Waals surface area contributed by atoms with Crippen LogP contribution in [0.15, 0.2) is 22.7 Å². The van der Waals surface area contributed by atoms with Gasteiger partial charge in [-0.2, -0.15) is 5.10 Å². The molecule has 0 unspecified atom stereocenters. The van der Waals surface area contributed by atoms with Crippen molar-refractivity contribution >= 4 is 45.8 Å². The van der Waals surface area contributed by atoms with E-state index in [1.807, 2.05) is 18.2 Å². The molecule has 0 spiro atoms. The monoisotopic (exact) mass is 418 g/mol. The van der Waals surface area contributed by atoms with Crippen molar-refractivity contribution in [1.29, 1.82) is 0 Å². The summed E-state index contributed by atoms with van der Waals surface area (Å²) >= 11 is 9.48. The van der Waals surface area contributed by atoms with Gasteiger partial charge < -0.3 is 10.6 Å². The van der Waals surface area contributed by atoms with Gasteiger partial charge in [-0.3, -0.25) is 9.89 Å². The molecule has 23 heavy (non-hydrogen) atoms. The van der Waals surface area contributed by atoms with Crippen molar-refractivity contribution in [3.05, 3.63) is 50.2 Å². The van der Waals surface area contributed by atoms with Gasteiger partial charge in [0.15, 0.2) is 5.69 Å². The summed E-state index contributed by atoms with van der Waals surface area (Å²) in [6.07, 6.45) is 1.59. The summed E-state index contributed by atoms with van der Waals surface area (Å²) in [7, 11) is 0. The third-order valence-electron chi connectivity index (χ3n) is 3.71. The van der Waals surface area contributed by atoms with Crippen LogP contribution < -0.4 is 10.6 Å². The van der Waals surface area contributed by atoms with Gasteiger partial charge in [0.25, 0.3) is 5.91 Å². The Morgan fingerprint density at radius 1 is 1.43 bits per heavy atom. The van der Waals surface area contributed by atoms with E-state index in [1.165, 1.54) is 0 Å². The summed E-state index contributed by atoms with van der Waals surface area (Å²) in [5.74, 6) is -0.139. The Kier molecular flexibility index (Phi) is 6.47. The van der Waals surface area contributed by atoms with Gasteiger partial charge in [0, 0.05) is 46.8 Å². The topological polar surface area (TPSA) is 69.8 Å². The number of rotatable bonds is 4. The molecule has 1 aliphatic heterocycles. The summed E-state index contributed by atoms with van der Waals surface area (Å²) in [6, 6.07) is 5.64. The van der Waals surface area contributed by atoms with Crippen LogP contribution in [0.5, 0.6) is 0 Å². The van der Waals surface area contributed by atoms with Crippen LogP contribution in [0.1, 0.15) is 27.3 Å². The molecule has 8 heteroatoms. The molecule has 3 rings (SSSR count). The molecule has 0 saturated carbocycles. The molecule has 0 bridgehead atoms. The van der Waals surface area contributed by atoms with Gasteiger partial charge in [-0.15, -0.1) is 12.4 Å². The highest BCUT2D eigenvalue weighted by Gasteiger charge is 2.21. The molecule has 1 aromatic heterocycles. The summed E-state index contributed by atoms with van der Waals surface area (Å²) < 4.78 is 0.993. The number of benzene rings is 1. The Bertz CT molecular complexity index is 705. The lowest BCUT2D eigenvalue weighted by atomic mass is 10.1. The Morgan fingerprint density at radius 3 is 3.09 bits per heavy atom. The number of H-pyrrole nitrogens is 1. The summed E-state index contributed by atoms with van der Waals surface area (Å²) in [5.41, 5.74) is 3.60. The number of aromatic nitrogens is 2. The molecule has 2 aromatic rings. The summed E-state index contributed by atoms with van der Waals surface area (Å²) in [4.78, 5) is 12.3. The van der Waals surface area contributed by atoms with Crippen molar-refractivity contribution in [3.63, 3.8) is 0 Å². The zero-order valence-electron chi connectivity index (χ0n) is 12.3. The number of hydrogen-bond donors (Lipinski definition) is 3. The number of nitrogens with zero attached hydrogens (tertiary/aromatic N) is 1. The molecule has 2 heterocycles. The number of halogens is 3. The van der Waals surface area contributed by atoms with Gasteiger partial charge in [0.2, 0.25) is 0 Å². The molecular weight excluding hydrogens is 403 g/mol. The van der Waals surface area contributed by atoms with E-state index in [0.717, 1.165) is 34.3 Å². The average molecular weight is 420 g/mol. The van der Waals surface area contributed by atoms with Crippen LogP contribution in [0.4, 0.5) is 0 Å². The fraction of sp³-hybridized carbons (Fsp3) is 0.333. The van der Waals surface area contributed by atoms with Crippen LogP contribution in [-0.4, -0.2) is 29.2 Å². The summed E-state index contributed by atoms with van der Waals surface area (Å²) in [5, 5.41) is 14.0. The fourth-order valence-electron chi connectivity index (χ4n) is 2.54. The van der Waals surface area contributed by atoms with Crippen molar-refractivity contribution in [2.24, 2.45) is 0 Å². The molecule has 0 fully saturated rings. The lowest BCUT2D eigenvalue weighted by Gasteiger charge is -2.13. The van der Waals surface area contributed by atoms with Gasteiger partial charge in [0.1, 0.15) is 0 Å². The van der Waals surface area contributed by atoms with E-state index in [9.17, 15) is 4.79 Å². The number of nitrogens with one attached hydrogen (secondary N) is 3. The smallest absolute Gasteiger partial charge is 0.272 e. The Morgan fingerprint density at radius 2 is 2.26 bits per heavy atom. The summed E-state index contributed by atoms with van der Waals surface area (Å²) in [6.45, 7) is 2.14. The van der Waals surface area contributed by atoms with Gasteiger partial charge in [-0.1, -0.05) is 27.5 Å². The van der Waals surface area contributed by atoms with Crippen LogP contribution in [0.3, 0.4) is 0 Å². The van der Waals surface area contributed by atoms with Crippen molar-refractivity contribution < 1.29 is 4.79 Å². The van der Waals surface area contributed by atoms with E-state index in [0.29, 0.717) is 30.2 Å². The zero-order valence-corrected chi connectivity index (χ0v) is 15.4. The number of carbonyl (C=O) groups is 1. The highest BCUT2D eigenvalue weighted by molar-refractivity contribution is 9.10. The fourth-order valence-corrected chi connectivity index (χ4v) is 3.18. The SMILES string of the molecule is Cl.O=C(NCCc1cc(Cl)ccc1Br)c1n[nH]c2c1CNCC2. The van der Waals surface area contributed by atoms with Gasteiger partial charge >= 0.3 is 0 Å². The quantitative estimate of drug-likeness (QED) is 0.713. The minimum atomic E-state index is -0.139. The van der Waals surface area contributed by atoms with E-state index in [2.05, 4.69) is 36.8 Å². The maximum Gasteiger partial charge on any atom is 0.272 e. The Labute approximate surface area is 154 Å². The molecule has 0 saturated heterocycles. The molecule has 1 aromatic carbocycles. The number of carbonyl (C=O) groups excluding carboxylic acids is 1. The predicted molar refractivity (Wildman–Crippen MR) is 96.4 cm³/mol. The number of fused-ring (bicyclic) bond motifs is 1. The second-order valence-corrected chi connectivity index (χ2v) is 6.49. The van der Waals surface area contributed by atoms with E-state index >= 15 is 0 Å². The first-order chi connectivity index (χ1) is 10.6. The number of amides is 1. The second kappa shape index (κ2) is 8.15. The Hall–Kier alpha value is -1.08. The maximum atomic E-state index is 12.3. The molecule has 3 N–H and O–H groups in total. The molecule has 0 aliphatic carbocycles. The lowest BCUT2D eigenvalue weighted by molar-refractivity contribution is 0.0948. The normalized spacial score (nSPS) is 13.1. The van der Waals surface area contributed by atoms with Gasteiger partial charge in [-0.25, -0.2) is 0 Å². The minimum absolute atomic E-state index is 0. The average Bonchev–Trinajstić information content (AvgIpc) is 2.94. The highest BCUT2D eigenvalue weighted by Crippen LogP contribution is 2.21. The Balaban J connectivity index is 0.00000192.